The number of hydrogen-bond acceptors (Lipinski definition) is 0. The molecule has 0 spiro atoms. The lowest BCUT2D eigenvalue weighted by molar-refractivity contribution is 0.187. The van der Waals surface area contributed by atoms with Gasteiger partial charge in [-0.3, -0.25) is 0 Å². The molecule has 1 rings (SSSR count). The Kier molecular flexibility index (Phi) is 3.95. The average molecular weight is 203 g/mol. The van der Waals surface area contributed by atoms with Crippen LogP contribution in [0.4, 0.5) is 13.2 Å². The van der Waals surface area contributed by atoms with Gasteiger partial charge in [0, 0.05) is 0 Å². The van der Waals surface area contributed by atoms with E-state index in [0.29, 0.717) is 24.8 Å². The van der Waals surface area contributed by atoms with Crippen LogP contribution >= 0.6 is 0 Å². The Labute approximate surface area is 80.2 Å². The average Bonchev–Trinajstić information content (AvgIpc) is 2.14. The predicted octanol–water partition coefficient (Wildman–Crippen LogP) is 2.86. The van der Waals surface area contributed by atoms with Crippen LogP contribution in [-0.2, 0) is 11.5 Å². The maximum atomic E-state index is 12.7. The van der Waals surface area contributed by atoms with Crippen molar-refractivity contribution in [1.82, 2.24) is 0 Å². The molecule has 0 unspecified atom stereocenters. The van der Waals surface area contributed by atoms with Crippen molar-refractivity contribution in [3.05, 3.63) is 35.1 Å². The van der Waals surface area contributed by atoms with Crippen LogP contribution in [0, 0.1) is 17.5 Å². The molecule has 4 heteroatoms. The fourth-order valence-electron chi connectivity index (χ4n) is 1.18. The Balaban J connectivity index is 2.69. The molecule has 1 aromatic carbocycles. The Bertz CT molecular complexity index is 289. The smallest absolute Gasteiger partial charge is 0.194 e. The lowest BCUT2D eigenvalue weighted by Gasteiger charge is -2.02. The summed E-state index contributed by atoms with van der Waals surface area (Å²) >= 11 is 0. The van der Waals surface area contributed by atoms with Crippen molar-refractivity contribution in [3.63, 3.8) is 0 Å². The Morgan fingerprint density at radius 3 is 2.07 bits per heavy atom. The van der Waals surface area contributed by atoms with Crippen molar-refractivity contribution < 1.29 is 18.3 Å². The molecule has 0 heterocycles. The molecule has 0 fully saturated rings. The molecule has 0 saturated carbocycles. The predicted molar refractivity (Wildman–Crippen MR) is 44.8 cm³/mol. The van der Waals surface area contributed by atoms with E-state index >= 15 is 0 Å². The lowest BCUT2D eigenvalue weighted by Crippen LogP contribution is -1.95. The highest BCUT2D eigenvalue weighted by atomic mass is 19.2. The van der Waals surface area contributed by atoms with Crippen LogP contribution in [0.15, 0.2) is 12.1 Å². The van der Waals surface area contributed by atoms with E-state index in [-0.39, 0.29) is 6.61 Å². The summed E-state index contributed by atoms with van der Waals surface area (Å²) in [5, 5.41) is 10.1. The van der Waals surface area contributed by atoms with Crippen molar-refractivity contribution in [2.24, 2.45) is 0 Å². The first kappa shape index (κ1) is 11.0. The maximum Gasteiger partial charge on any atom is 0.194 e. The standard InChI is InChI=1S/C10H10F3O/c11-8-5-7(3-1-2-4-14)6-9(12)10(8)13/h5-6H,1-4H2. The first-order valence-corrected chi connectivity index (χ1v) is 4.36. The second-order valence-corrected chi connectivity index (χ2v) is 3.03. The fraction of sp³-hybridized carbons (Fsp3) is 0.400. The quantitative estimate of drug-likeness (QED) is 0.529. The summed E-state index contributed by atoms with van der Waals surface area (Å²) in [6.07, 6.45) is 1.42. The van der Waals surface area contributed by atoms with Crippen molar-refractivity contribution in [3.8, 4) is 0 Å². The van der Waals surface area contributed by atoms with E-state index in [1.165, 1.54) is 0 Å². The molecule has 0 aliphatic heterocycles. The molecule has 0 saturated heterocycles. The van der Waals surface area contributed by atoms with Crippen molar-refractivity contribution in [2.75, 3.05) is 6.61 Å². The molecule has 77 valence electrons. The molecule has 0 N–H and O–H groups in total. The first-order chi connectivity index (χ1) is 6.65. The molecule has 1 nitrogen and oxygen atoms in total. The molecular weight excluding hydrogens is 193 g/mol. The molecule has 0 aromatic heterocycles. The Morgan fingerprint density at radius 2 is 1.57 bits per heavy atom. The van der Waals surface area contributed by atoms with E-state index in [1.54, 1.807) is 0 Å². The summed E-state index contributed by atoms with van der Waals surface area (Å²) in [5.41, 5.74) is 0.384. The van der Waals surface area contributed by atoms with Crippen LogP contribution in [0.1, 0.15) is 18.4 Å². The maximum absolute atomic E-state index is 12.7. The number of aryl methyl sites for hydroxylation is 1. The molecule has 0 atom stereocenters. The number of halogens is 3. The number of rotatable bonds is 4. The van der Waals surface area contributed by atoms with E-state index < -0.39 is 17.5 Å². The summed E-state index contributed by atoms with van der Waals surface area (Å²) in [7, 11) is 0. The van der Waals surface area contributed by atoms with E-state index in [4.69, 9.17) is 0 Å². The van der Waals surface area contributed by atoms with Gasteiger partial charge in [-0.2, -0.15) is 0 Å². The monoisotopic (exact) mass is 203 g/mol. The van der Waals surface area contributed by atoms with Gasteiger partial charge in [0.2, 0.25) is 0 Å². The number of benzene rings is 1. The van der Waals surface area contributed by atoms with E-state index in [9.17, 15) is 18.3 Å². The third-order valence-corrected chi connectivity index (χ3v) is 1.90. The second kappa shape index (κ2) is 5.00. The van der Waals surface area contributed by atoms with Gasteiger partial charge < -0.3 is 0 Å². The number of hydrogen-bond donors (Lipinski definition) is 0. The lowest BCUT2D eigenvalue weighted by atomic mass is 10.1. The van der Waals surface area contributed by atoms with Gasteiger partial charge in [-0.25, -0.2) is 18.3 Å². The van der Waals surface area contributed by atoms with Gasteiger partial charge in [-0.15, -0.1) is 0 Å². The second-order valence-electron chi connectivity index (χ2n) is 3.03. The normalized spacial score (nSPS) is 10.6. The summed E-state index contributed by atoms with van der Waals surface area (Å²) in [6, 6.07) is 1.92. The summed E-state index contributed by atoms with van der Waals surface area (Å²) < 4.78 is 37.8. The van der Waals surface area contributed by atoms with Gasteiger partial charge in [0.25, 0.3) is 0 Å². The fourth-order valence-corrected chi connectivity index (χ4v) is 1.18. The van der Waals surface area contributed by atoms with Gasteiger partial charge in [-0.05, 0) is 37.0 Å². The van der Waals surface area contributed by atoms with Gasteiger partial charge in [-0.1, -0.05) is 0 Å². The molecule has 1 radical (unpaired) electrons. The number of unbranched alkanes of at least 4 members (excludes halogenated alkanes) is 1. The Morgan fingerprint density at radius 1 is 1.00 bits per heavy atom. The van der Waals surface area contributed by atoms with Gasteiger partial charge in [0.1, 0.15) is 0 Å². The van der Waals surface area contributed by atoms with E-state index in [1.807, 2.05) is 0 Å². The third-order valence-electron chi connectivity index (χ3n) is 1.90. The molecule has 0 bridgehead atoms. The van der Waals surface area contributed by atoms with Crippen LogP contribution < -0.4 is 0 Å². The largest absolute Gasteiger partial charge is 0.237 e. The summed E-state index contributed by atoms with van der Waals surface area (Å²) in [4.78, 5) is 0. The van der Waals surface area contributed by atoms with Crippen molar-refractivity contribution in [1.29, 1.82) is 0 Å². The van der Waals surface area contributed by atoms with Crippen LogP contribution in [0.2, 0.25) is 0 Å². The highest BCUT2D eigenvalue weighted by molar-refractivity contribution is 5.19. The van der Waals surface area contributed by atoms with Crippen LogP contribution in [-0.4, -0.2) is 6.61 Å². The summed E-state index contributed by atoms with van der Waals surface area (Å²) in [5.74, 6) is -3.80. The molecule has 0 amide bonds. The van der Waals surface area contributed by atoms with E-state index in [2.05, 4.69) is 0 Å². The molecule has 0 aliphatic carbocycles. The zero-order chi connectivity index (χ0) is 10.6. The summed E-state index contributed by atoms with van der Waals surface area (Å²) in [6.45, 7) is -0.202. The highest BCUT2D eigenvalue weighted by Crippen LogP contribution is 2.15. The van der Waals surface area contributed by atoms with Crippen LogP contribution in [0.5, 0.6) is 0 Å². The minimum atomic E-state index is -1.45. The van der Waals surface area contributed by atoms with Crippen LogP contribution in [0.25, 0.3) is 0 Å². The molecular formula is C10H10F3O. The zero-order valence-corrected chi connectivity index (χ0v) is 7.53. The highest BCUT2D eigenvalue weighted by Gasteiger charge is 2.09. The van der Waals surface area contributed by atoms with Gasteiger partial charge >= 0.3 is 0 Å². The van der Waals surface area contributed by atoms with Crippen LogP contribution in [0.3, 0.4) is 0 Å². The third kappa shape index (κ3) is 2.73. The van der Waals surface area contributed by atoms with Gasteiger partial charge in [0.15, 0.2) is 17.5 Å². The van der Waals surface area contributed by atoms with E-state index in [0.717, 1.165) is 12.1 Å². The minimum Gasteiger partial charge on any atom is -0.237 e. The SMILES string of the molecule is [O]CCCCc1cc(F)c(F)c(F)c1. The molecule has 14 heavy (non-hydrogen) atoms. The molecule has 0 aliphatic rings. The van der Waals surface area contributed by atoms with Crippen molar-refractivity contribution >= 4 is 0 Å². The Hall–Kier alpha value is -1.03. The van der Waals surface area contributed by atoms with Crippen molar-refractivity contribution in [2.45, 2.75) is 19.3 Å². The van der Waals surface area contributed by atoms with Gasteiger partial charge in [0.05, 0.1) is 6.61 Å². The first-order valence-electron chi connectivity index (χ1n) is 4.36. The zero-order valence-electron chi connectivity index (χ0n) is 7.53. The topological polar surface area (TPSA) is 19.9 Å². The minimum absolute atomic E-state index is 0.202. The molecule has 1 aromatic rings.